The van der Waals surface area contributed by atoms with Crippen molar-refractivity contribution >= 4 is 12.0 Å². The van der Waals surface area contributed by atoms with Crippen LogP contribution in [0.2, 0.25) is 0 Å². The highest BCUT2D eigenvalue weighted by atomic mass is 19.2. The molecule has 0 saturated carbocycles. The minimum absolute atomic E-state index is 0.267. The fourth-order valence-electron chi connectivity index (χ4n) is 0.780. The largest absolute Gasteiger partial charge is 0.545 e. The van der Waals surface area contributed by atoms with Crippen LogP contribution in [0.15, 0.2) is 24.3 Å². The third-order valence-electron chi connectivity index (χ3n) is 1.36. The Morgan fingerprint density at radius 3 is 2.54 bits per heavy atom. The van der Waals surface area contributed by atoms with Gasteiger partial charge in [0, 0.05) is 0 Å². The number of carbonyl (C=O) groups excluding carboxylic acids is 1. The molecular formula is C9H5F2O2-. The van der Waals surface area contributed by atoms with E-state index in [4.69, 9.17) is 0 Å². The predicted octanol–water partition coefficient (Wildman–Crippen LogP) is 0.728. The van der Waals surface area contributed by atoms with E-state index in [1.165, 1.54) is 6.07 Å². The lowest BCUT2D eigenvalue weighted by atomic mass is 10.2. The molecule has 0 unspecified atom stereocenters. The summed E-state index contributed by atoms with van der Waals surface area (Å²) in [4.78, 5) is 9.96. The highest BCUT2D eigenvalue weighted by molar-refractivity contribution is 5.83. The van der Waals surface area contributed by atoms with Crippen molar-refractivity contribution in [3.63, 3.8) is 0 Å². The van der Waals surface area contributed by atoms with E-state index >= 15 is 0 Å². The third-order valence-corrected chi connectivity index (χ3v) is 1.36. The van der Waals surface area contributed by atoms with Crippen LogP contribution in [0.4, 0.5) is 8.78 Å². The van der Waals surface area contributed by atoms with Gasteiger partial charge in [-0.25, -0.2) is 8.78 Å². The third kappa shape index (κ3) is 2.66. The summed E-state index contributed by atoms with van der Waals surface area (Å²) in [5.74, 6) is -3.36. The molecule has 0 aromatic heterocycles. The number of carbonyl (C=O) groups is 1. The summed E-state index contributed by atoms with van der Waals surface area (Å²) in [6.07, 6.45) is 1.87. The van der Waals surface area contributed by atoms with Gasteiger partial charge in [-0.05, 0) is 23.8 Å². The standard InChI is InChI=1S/C9H6F2O2/c10-7-3-1-6(5-8(7)11)2-4-9(12)13/h1-5H,(H,12,13)/p-1/b4-2+. The van der Waals surface area contributed by atoms with Crippen LogP contribution in [-0.4, -0.2) is 5.97 Å². The maximum atomic E-state index is 12.5. The molecule has 0 amide bonds. The molecule has 0 aliphatic rings. The first-order valence-electron chi connectivity index (χ1n) is 3.43. The summed E-state index contributed by atoms with van der Waals surface area (Å²) in [6, 6.07) is 3.08. The minimum atomic E-state index is -1.38. The van der Waals surface area contributed by atoms with Crippen LogP contribution in [0.5, 0.6) is 0 Å². The molecular weight excluding hydrogens is 178 g/mol. The molecule has 0 radical (unpaired) electrons. The van der Waals surface area contributed by atoms with E-state index in [1.54, 1.807) is 0 Å². The van der Waals surface area contributed by atoms with Gasteiger partial charge in [-0.2, -0.15) is 0 Å². The Bertz CT molecular complexity index is 359. The van der Waals surface area contributed by atoms with E-state index in [1.807, 2.05) is 0 Å². The molecule has 0 spiro atoms. The number of aliphatic carboxylic acids is 1. The number of rotatable bonds is 2. The van der Waals surface area contributed by atoms with Crippen LogP contribution in [0.1, 0.15) is 5.56 Å². The molecule has 1 aromatic carbocycles. The van der Waals surface area contributed by atoms with Gasteiger partial charge in [-0.15, -0.1) is 0 Å². The lowest BCUT2D eigenvalue weighted by Gasteiger charge is -1.95. The molecule has 0 fully saturated rings. The van der Waals surface area contributed by atoms with Gasteiger partial charge in [0.15, 0.2) is 11.6 Å². The Morgan fingerprint density at radius 1 is 1.31 bits per heavy atom. The fraction of sp³-hybridized carbons (Fsp3) is 0. The number of carboxylic acids is 1. The van der Waals surface area contributed by atoms with Crippen LogP contribution in [0.3, 0.4) is 0 Å². The molecule has 0 atom stereocenters. The van der Waals surface area contributed by atoms with Gasteiger partial charge in [0.2, 0.25) is 0 Å². The first-order chi connectivity index (χ1) is 6.09. The van der Waals surface area contributed by atoms with Gasteiger partial charge < -0.3 is 9.90 Å². The number of benzene rings is 1. The van der Waals surface area contributed by atoms with Crippen LogP contribution in [-0.2, 0) is 4.79 Å². The molecule has 0 aliphatic carbocycles. The molecule has 0 bridgehead atoms. The molecule has 68 valence electrons. The molecule has 4 heteroatoms. The van der Waals surface area contributed by atoms with E-state index in [-0.39, 0.29) is 5.56 Å². The first kappa shape index (κ1) is 9.38. The number of hydrogen-bond acceptors (Lipinski definition) is 2. The Balaban J connectivity index is 2.92. The van der Waals surface area contributed by atoms with E-state index in [0.717, 1.165) is 24.3 Å². The first-order valence-corrected chi connectivity index (χ1v) is 3.43. The van der Waals surface area contributed by atoms with Gasteiger partial charge >= 0.3 is 0 Å². The van der Waals surface area contributed by atoms with Gasteiger partial charge in [0.25, 0.3) is 0 Å². The quantitative estimate of drug-likeness (QED) is 0.634. The monoisotopic (exact) mass is 183 g/mol. The van der Waals surface area contributed by atoms with Gasteiger partial charge in [-0.3, -0.25) is 0 Å². The van der Waals surface area contributed by atoms with E-state index in [2.05, 4.69) is 0 Å². The van der Waals surface area contributed by atoms with E-state index in [0.29, 0.717) is 0 Å². The molecule has 0 saturated heterocycles. The smallest absolute Gasteiger partial charge is 0.159 e. The van der Waals surface area contributed by atoms with Crippen molar-refractivity contribution in [3.05, 3.63) is 41.5 Å². The lowest BCUT2D eigenvalue weighted by Crippen LogP contribution is -2.18. The maximum absolute atomic E-state index is 12.5. The summed E-state index contributed by atoms with van der Waals surface area (Å²) >= 11 is 0. The topological polar surface area (TPSA) is 40.1 Å². The molecule has 1 rings (SSSR count). The highest BCUT2D eigenvalue weighted by Crippen LogP contribution is 2.09. The second-order valence-corrected chi connectivity index (χ2v) is 2.33. The second kappa shape index (κ2) is 3.80. The average Bonchev–Trinajstić information content (AvgIpc) is 2.07. The summed E-state index contributed by atoms with van der Waals surface area (Å²) in [5.41, 5.74) is 0.267. The normalized spacial score (nSPS) is 10.6. The van der Waals surface area contributed by atoms with Crippen molar-refractivity contribution < 1.29 is 18.7 Å². The Hall–Kier alpha value is -1.71. The van der Waals surface area contributed by atoms with Crippen LogP contribution in [0.25, 0.3) is 6.08 Å². The SMILES string of the molecule is O=C([O-])/C=C/c1ccc(F)c(F)c1. The van der Waals surface area contributed by atoms with Crippen LogP contribution in [0, 0.1) is 11.6 Å². The number of hydrogen-bond donors (Lipinski definition) is 0. The fourth-order valence-corrected chi connectivity index (χ4v) is 0.780. The van der Waals surface area contributed by atoms with Crippen molar-refractivity contribution in [1.29, 1.82) is 0 Å². The molecule has 0 aliphatic heterocycles. The molecule has 1 aromatic rings. The number of halogens is 2. The Kier molecular flexibility index (Phi) is 2.74. The zero-order valence-corrected chi connectivity index (χ0v) is 6.46. The highest BCUT2D eigenvalue weighted by Gasteiger charge is 1.99. The Morgan fingerprint density at radius 2 is 2.00 bits per heavy atom. The minimum Gasteiger partial charge on any atom is -0.545 e. The summed E-state index contributed by atoms with van der Waals surface area (Å²) in [7, 11) is 0. The zero-order chi connectivity index (χ0) is 9.84. The molecule has 0 N–H and O–H groups in total. The Labute approximate surface area is 73.1 Å². The van der Waals surface area contributed by atoms with Crippen LogP contribution < -0.4 is 5.11 Å². The summed E-state index contributed by atoms with van der Waals surface area (Å²) in [5, 5.41) is 9.96. The maximum Gasteiger partial charge on any atom is 0.159 e. The molecule has 0 heterocycles. The van der Waals surface area contributed by atoms with Crippen molar-refractivity contribution in [3.8, 4) is 0 Å². The van der Waals surface area contributed by atoms with Crippen LogP contribution >= 0.6 is 0 Å². The molecule has 2 nitrogen and oxygen atoms in total. The van der Waals surface area contributed by atoms with Crippen molar-refractivity contribution in [2.24, 2.45) is 0 Å². The average molecular weight is 183 g/mol. The second-order valence-electron chi connectivity index (χ2n) is 2.33. The molecule has 13 heavy (non-hydrogen) atoms. The van der Waals surface area contributed by atoms with E-state index in [9.17, 15) is 18.7 Å². The number of carboxylic acid groups (broad SMARTS) is 1. The van der Waals surface area contributed by atoms with Crippen molar-refractivity contribution in [1.82, 2.24) is 0 Å². The van der Waals surface area contributed by atoms with Crippen molar-refractivity contribution in [2.45, 2.75) is 0 Å². The lowest BCUT2D eigenvalue weighted by molar-refractivity contribution is -0.297. The van der Waals surface area contributed by atoms with E-state index < -0.39 is 17.6 Å². The summed E-state index contributed by atoms with van der Waals surface area (Å²) in [6.45, 7) is 0. The van der Waals surface area contributed by atoms with Crippen molar-refractivity contribution in [2.75, 3.05) is 0 Å². The van der Waals surface area contributed by atoms with Gasteiger partial charge in [0.05, 0.1) is 5.97 Å². The van der Waals surface area contributed by atoms with Gasteiger partial charge in [-0.1, -0.05) is 12.1 Å². The van der Waals surface area contributed by atoms with Gasteiger partial charge in [0.1, 0.15) is 0 Å². The predicted molar refractivity (Wildman–Crippen MR) is 40.4 cm³/mol. The summed E-state index contributed by atoms with van der Waals surface area (Å²) < 4.78 is 24.9. The zero-order valence-electron chi connectivity index (χ0n) is 6.46.